The molecule has 1 atom stereocenters. The number of amides is 1. The summed E-state index contributed by atoms with van der Waals surface area (Å²) >= 11 is 0. The molecule has 2 N–H and O–H groups in total. The molecule has 5 heteroatoms. The highest BCUT2D eigenvalue weighted by Gasteiger charge is 2.46. The third-order valence-electron chi connectivity index (χ3n) is 3.65. The molecular weight excluding hydrogens is 232 g/mol. The van der Waals surface area contributed by atoms with Crippen molar-refractivity contribution in [2.24, 2.45) is 0 Å². The van der Waals surface area contributed by atoms with Gasteiger partial charge in [0, 0.05) is 12.2 Å². The Balaban J connectivity index is 1.99. The Morgan fingerprint density at radius 3 is 2.78 bits per heavy atom. The molecule has 1 amide bonds. The van der Waals surface area contributed by atoms with Crippen molar-refractivity contribution in [2.45, 2.75) is 12.0 Å². The van der Waals surface area contributed by atoms with Crippen molar-refractivity contribution >= 4 is 11.6 Å². The zero-order chi connectivity index (χ0) is 12.6. The number of nitrogens with zero attached hydrogens (tertiary/aromatic N) is 1. The first kappa shape index (κ1) is 11.5. The quantitative estimate of drug-likeness (QED) is 0.759. The third kappa shape index (κ3) is 1.76. The summed E-state index contributed by atoms with van der Waals surface area (Å²) in [5.74, 6) is 0.189. The fraction of sp³-hybridized carbons (Fsp3) is 0.462. The van der Waals surface area contributed by atoms with E-state index >= 15 is 0 Å². The van der Waals surface area contributed by atoms with Crippen molar-refractivity contribution < 1.29 is 14.6 Å². The summed E-state index contributed by atoms with van der Waals surface area (Å²) in [5, 5.41) is 12.6. The van der Waals surface area contributed by atoms with E-state index in [0.717, 1.165) is 25.2 Å². The Morgan fingerprint density at radius 1 is 1.33 bits per heavy atom. The topological polar surface area (TPSA) is 61.8 Å². The Morgan fingerprint density at radius 2 is 2.11 bits per heavy atom. The number of aromatic hydroxyl groups is 1. The van der Waals surface area contributed by atoms with Gasteiger partial charge in [-0.05, 0) is 37.2 Å². The monoisotopic (exact) mass is 248 g/mol. The molecule has 1 spiro atoms. The summed E-state index contributed by atoms with van der Waals surface area (Å²) in [4.78, 5) is 14.0. The van der Waals surface area contributed by atoms with Crippen molar-refractivity contribution in [2.75, 3.05) is 31.2 Å². The van der Waals surface area contributed by atoms with Gasteiger partial charge in [0.1, 0.15) is 12.4 Å². The maximum Gasteiger partial charge on any atom is 0.253 e. The fourth-order valence-electron chi connectivity index (χ4n) is 2.79. The van der Waals surface area contributed by atoms with Crippen LogP contribution < -0.4 is 10.2 Å². The molecule has 0 aliphatic carbocycles. The second kappa shape index (κ2) is 4.26. The van der Waals surface area contributed by atoms with Gasteiger partial charge in [-0.3, -0.25) is 4.79 Å². The number of carbonyl (C=O) groups excluding carboxylic acids is 1. The lowest BCUT2D eigenvalue weighted by atomic mass is 9.94. The van der Waals surface area contributed by atoms with Crippen molar-refractivity contribution in [1.29, 1.82) is 0 Å². The standard InChI is InChI=1S/C13H16N2O3/c16-11-3-1-10(2-4-11)15-12(17)7-18-9-13(15)5-6-14-8-13/h1-4,14,16H,5-9H2. The highest BCUT2D eigenvalue weighted by atomic mass is 16.5. The first-order valence-corrected chi connectivity index (χ1v) is 6.12. The van der Waals surface area contributed by atoms with Crippen LogP contribution in [0.2, 0.25) is 0 Å². The summed E-state index contributed by atoms with van der Waals surface area (Å²) in [7, 11) is 0. The summed E-state index contributed by atoms with van der Waals surface area (Å²) in [5.41, 5.74) is 0.552. The maximum absolute atomic E-state index is 12.2. The normalized spacial score (nSPS) is 28.0. The number of morpholine rings is 1. The SMILES string of the molecule is O=C1COCC2(CCNC2)N1c1ccc(O)cc1. The Kier molecular flexibility index (Phi) is 2.72. The van der Waals surface area contributed by atoms with Crippen LogP contribution in [0, 0.1) is 0 Å². The molecule has 0 bridgehead atoms. The van der Waals surface area contributed by atoms with Crippen molar-refractivity contribution in [1.82, 2.24) is 5.32 Å². The number of nitrogens with one attached hydrogen (secondary N) is 1. The summed E-state index contributed by atoms with van der Waals surface area (Å²) in [6, 6.07) is 6.76. The molecule has 1 aromatic carbocycles. The average molecular weight is 248 g/mol. The maximum atomic E-state index is 12.2. The number of ether oxygens (including phenoxy) is 1. The number of phenolic OH excluding ortho intramolecular Hbond substituents is 1. The van der Waals surface area contributed by atoms with E-state index in [1.165, 1.54) is 0 Å². The number of anilines is 1. The number of phenols is 1. The van der Waals surface area contributed by atoms with Crippen LogP contribution in [0.4, 0.5) is 5.69 Å². The first-order chi connectivity index (χ1) is 8.71. The lowest BCUT2D eigenvalue weighted by Crippen LogP contribution is -2.61. The molecule has 2 heterocycles. The second-order valence-corrected chi connectivity index (χ2v) is 4.89. The highest BCUT2D eigenvalue weighted by Crippen LogP contribution is 2.33. The summed E-state index contributed by atoms with van der Waals surface area (Å²) in [6.45, 7) is 2.33. The van der Waals surface area contributed by atoms with Crippen molar-refractivity contribution in [3.63, 3.8) is 0 Å². The third-order valence-corrected chi connectivity index (χ3v) is 3.65. The highest BCUT2D eigenvalue weighted by molar-refractivity contribution is 5.96. The Hall–Kier alpha value is -1.59. The molecule has 0 saturated carbocycles. The number of hydrogen-bond donors (Lipinski definition) is 2. The molecule has 0 radical (unpaired) electrons. The van der Waals surface area contributed by atoms with E-state index in [1.54, 1.807) is 24.3 Å². The van der Waals surface area contributed by atoms with Gasteiger partial charge in [0.25, 0.3) is 5.91 Å². The molecule has 18 heavy (non-hydrogen) atoms. The lowest BCUT2D eigenvalue weighted by Gasteiger charge is -2.43. The van der Waals surface area contributed by atoms with Crippen molar-refractivity contribution in [3.05, 3.63) is 24.3 Å². The van der Waals surface area contributed by atoms with Crippen LogP contribution in [-0.2, 0) is 9.53 Å². The minimum atomic E-state index is -0.272. The minimum absolute atomic E-state index is 0.0179. The van der Waals surface area contributed by atoms with Gasteiger partial charge in [0.2, 0.25) is 0 Å². The molecule has 2 aliphatic rings. The zero-order valence-electron chi connectivity index (χ0n) is 10.1. The van der Waals surface area contributed by atoms with E-state index in [4.69, 9.17) is 4.74 Å². The predicted octanol–water partition coefficient (Wildman–Crippen LogP) is 0.487. The average Bonchev–Trinajstić information content (AvgIpc) is 2.80. The van der Waals surface area contributed by atoms with Crippen LogP contribution in [0.15, 0.2) is 24.3 Å². The minimum Gasteiger partial charge on any atom is -0.508 e. The van der Waals surface area contributed by atoms with Crippen LogP contribution in [-0.4, -0.2) is 42.9 Å². The smallest absolute Gasteiger partial charge is 0.253 e. The van der Waals surface area contributed by atoms with Crippen LogP contribution in [0.3, 0.4) is 0 Å². The molecule has 1 aromatic rings. The molecule has 1 unspecified atom stereocenters. The van der Waals surface area contributed by atoms with Gasteiger partial charge in [-0.1, -0.05) is 0 Å². The molecule has 2 fully saturated rings. The van der Waals surface area contributed by atoms with Gasteiger partial charge < -0.3 is 20.1 Å². The van der Waals surface area contributed by atoms with Crippen LogP contribution >= 0.6 is 0 Å². The van der Waals surface area contributed by atoms with Gasteiger partial charge >= 0.3 is 0 Å². The zero-order valence-corrected chi connectivity index (χ0v) is 10.1. The molecular formula is C13H16N2O3. The van der Waals surface area contributed by atoms with E-state index in [0.29, 0.717) is 6.61 Å². The second-order valence-electron chi connectivity index (χ2n) is 4.89. The largest absolute Gasteiger partial charge is 0.508 e. The van der Waals surface area contributed by atoms with Crippen molar-refractivity contribution in [3.8, 4) is 5.75 Å². The summed E-state index contributed by atoms with van der Waals surface area (Å²) in [6.07, 6.45) is 0.889. The van der Waals surface area contributed by atoms with Gasteiger partial charge in [-0.2, -0.15) is 0 Å². The molecule has 2 saturated heterocycles. The molecule has 96 valence electrons. The van der Waals surface area contributed by atoms with E-state index in [1.807, 2.05) is 4.90 Å². The van der Waals surface area contributed by atoms with Gasteiger partial charge in [-0.15, -0.1) is 0 Å². The number of hydrogen-bond acceptors (Lipinski definition) is 4. The van der Waals surface area contributed by atoms with E-state index < -0.39 is 0 Å². The van der Waals surface area contributed by atoms with Crippen LogP contribution in [0.5, 0.6) is 5.75 Å². The number of benzene rings is 1. The lowest BCUT2D eigenvalue weighted by molar-refractivity contribution is -0.129. The van der Waals surface area contributed by atoms with Gasteiger partial charge in [0.15, 0.2) is 0 Å². The molecule has 0 aromatic heterocycles. The predicted molar refractivity (Wildman–Crippen MR) is 66.6 cm³/mol. The van der Waals surface area contributed by atoms with E-state index in [-0.39, 0.29) is 23.8 Å². The van der Waals surface area contributed by atoms with Crippen LogP contribution in [0.1, 0.15) is 6.42 Å². The van der Waals surface area contributed by atoms with Gasteiger partial charge in [-0.25, -0.2) is 0 Å². The summed E-state index contributed by atoms with van der Waals surface area (Å²) < 4.78 is 5.41. The Labute approximate surface area is 105 Å². The Bertz CT molecular complexity index is 452. The van der Waals surface area contributed by atoms with E-state index in [2.05, 4.69) is 5.32 Å². The fourth-order valence-corrected chi connectivity index (χ4v) is 2.79. The molecule has 3 rings (SSSR count). The van der Waals surface area contributed by atoms with Crippen LogP contribution in [0.25, 0.3) is 0 Å². The number of rotatable bonds is 1. The first-order valence-electron chi connectivity index (χ1n) is 6.12. The van der Waals surface area contributed by atoms with Gasteiger partial charge in [0.05, 0.1) is 12.1 Å². The van der Waals surface area contributed by atoms with E-state index in [9.17, 15) is 9.90 Å². The molecule has 5 nitrogen and oxygen atoms in total. The number of carbonyl (C=O) groups is 1. The molecule has 2 aliphatic heterocycles.